The van der Waals surface area contributed by atoms with Crippen molar-refractivity contribution in [2.75, 3.05) is 53.0 Å². The molecule has 0 saturated carbocycles. The second-order valence-corrected chi connectivity index (χ2v) is 4.81. The molecule has 2 saturated heterocycles. The number of rotatable bonds is 4. The van der Waals surface area contributed by atoms with Gasteiger partial charge in [-0.3, -0.25) is 9.69 Å². The van der Waals surface area contributed by atoms with E-state index in [0.717, 1.165) is 58.7 Å². The van der Waals surface area contributed by atoms with Crippen LogP contribution in [0.3, 0.4) is 0 Å². The molecule has 0 aromatic rings. The van der Waals surface area contributed by atoms with E-state index in [2.05, 4.69) is 10.2 Å². The van der Waals surface area contributed by atoms with Crippen molar-refractivity contribution >= 4 is 5.91 Å². The number of methoxy groups -OCH3 is 1. The molecule has 2 aliphatic heterocycles. The third-order valence-electron chi connectivity index (χ3n) is 3.65. The molecule has 17 heavy (non-hydrogen) atoms. The van der Waals surface area contributed by atoms with E-state index in [1.54, 1.807) is 7.11 Å². The zero-order valence-corrected chi connectivity index (χ0v) is 10.7. The van der Waals surface area contributed by atoms with Gasteiger partial charge in [0.15, 0.2) is 0 Å². The van der Waals surface area contributed by atoms with Crippen LogP contribution in [0.5, 0.6) is 0 Å². The van der Waals surface area contributed by atoms with Crippen LogP contribution in [0, 0.1) is 0 Å². The number of nitrogens with one attached hydrogen (secondary N) is 1. The maximum Gasteiger partial charge on any atom is 0.239 e. The van der Waals surface area contributed by atoms with Crippen molar-refractivity contribution in [1.82, 2.24) is 15.1 Å². The SMILES string of the molecule is COCCN1CCN(C(=O)[C@H]2CCCN2)CC1. The Hall–Kier alpha value is -0.650. The van der Waals surface area contributed by atoms with Crippen LogP contribution in [0.4, 0.5) is 0 Å². The Morgan fingerprint density at radius 2 is 2.12 bits per heavy atom. The summed E-state index contributed by atoms with van der Waals surface area (Å²) >= 11 is 0. The van der Waals surface area contributed by atoms with Crippen LogP contribution in [-0.4, -0.2) is 74.7 Å². The predicted molar refractivity (Wildman–Crippen MR) is 65.9 cm³/mol. The molecule has 1 atom stereocenters. The lowest BCUT2D eigenvalue weighted by Gasteiger charge is -2.35. The van der Waals surface area contributed by atoms with E-state index in [0.29, 0.717) is 5.91 Å². The van der Waals surface area contributed by atoms with Crippen molar-refractivity contribution in [1.29, 1.82) is 0 Å². The van der Waals surface area contributed by atoms with Crippen LogP contribution >= 0.6 is 0 Å². The Bertz CT molecular complexity index is 246. The molecule has 2 aliphatic rings. The summed E-state index contributed by atoms with van der Waals surface area (Å²) in [4.78, 5) is 16.5. The van der Waals surface area contributed by atoms with Crippen molar-refractivity contribution in [3.8, 4) is 0 Å². The average Bonchev–Trinajstić information content (AvgIpc) is 2.90. The fourth-order valence-corrected chi connectivity index (χ4v) is 2.53. The van der Waals surface area contributed by atoms with E-state index in [1.165, 1.54) is 0 Å². The fraction of sp³-hybridized carbons (Fsp3) is 0.917. The highest BCUT2D eigenvalue weighted by atomic mass is 16.5. The summed E-state index contributed by atoms with van der Waals surface area (Å²) in [6.45, 7) is 6.41. The molecule has 0 spiro atoms. The van der Waals surface area contributed by atoms with Crippen LogP contribution in [-0.2, 0) is 9.53 Å². The lowest BCUT2D eigenvalue weighted by Crippen LogP contribution is -2.53. The second-order valence-electron chi connectivity index (χ2n) is 4.81. The van der Waals surface area contributed by atoms with Gasteiger partial charge in [0.25, 0.3) is 0 Å². The summed E-state index contributed by atoms with van der Waals surface area (Å²) in [6, 6.07) is 0.0838. The molecule has 2 heterocycles. The highest BCUT2D eigenvalue weighted by Crippen LogP contribution is 2.10. The van der Waals surface area contributed by atoms with Gasteiger partial charge in [0.05, 0.1) is 12.6 Å². The molecule has 0 radical (unpaired) electrons. The lowest BCUT2D eigenvalue weighted by atomic mass is 10.2. The highest BCUT2D eigenvalue weighted by molar-refractivity contribution is 5.82. The van der Waals surface area contributed by atoms with Crippen molar-refractivity contribution < 1.29 is 9.53 Å². The summed E-state index contributed by atoms with van der Waals surface area (Å²) in [7, 11) is 1.73. The Morgan fingerprint density at radius 3 is 2.71 bits per heavy atom. The van der Waals surface area contributed by atoms with E-state index in [9.17, 15) is 4.79 Å². The first-order valence-corrected chi connectivity index (χ1v) is 6.54. The molecule has 0 aromatic carbocycles. The topological polar surface area (TPSA) is 44.8 Å². The molecule has 5 nitrogen and oxygen atoms in total. The standard InChI is InChI=1S/C12H23N3O2/c1-17-10-9-14-5-7-15(8-6-14)12(16)11-3-2-4-13-11/h11,13H,2-10H2,1H3/t11-/m1/s1. The van der Waals surface area contributed by atoms with Gasteiger partial charge < -0.3 is 15.0 Å². The maximum absolute atomic E-state index is 12.1. The van der Waals surface area contributed by atoms with E-state index in [-0.39, 0.29) is 6.04 Å². The van der Waals surface area contributed by atoms with Crippen LogP contribution < -0.4 is 5.32 Å². The molecule has 1 N–H and O–H groups in total. The number of nitrogens with zero attached hydrogens (tertiary/aromatic N) is 2. The number of piperazine rings is 1. The first-order chi connectivity index (χ1) is 8.31. The molecule has 0 aromatic heterocycles. The Kier molecular flexibility index (Phi) is 4.76. The molecule has 2 rings (SSSR count). The predicted octanol–water partition coefficient (Wildman–Crippen LogP) is -0.471. The van der Waals surface area contributed by atoms with Gasteiger partial charge in [-0.1, -0.05) is 0 Å². The van der Waals surface area contributed by atoms with Gasteiger partial charge in [0.1, 0.15) is 0 Å². The van der Waals surface area contributed by atoms with E-state index in [1.807, 2.05) is 4.90 Å². The molecule has 1 amide bonds. The van der Waals surface area contributed by atoms with Gasteiger partial charge in [-0.05, 0) is 19.4 Å². The van der Waals surface area contributed by atoms with Gasteiger partial charge in [-0.25, -0.2) is 0 Å². The molecule has 98 valence electrons. The minimum atomic E-state index is 0.0838. The highest BCUT2D eigenvalue weighted by Gasteiger charge is 2.28. The van der Waals surface area contributed by atoms with Gasteiger partial charge in [0, 0.05) is 39.8 Å². The molecule has 0 unspecified atom stereocenters. The molecular formula is C12H23N3O2. The van der Waals surface area contributed by atoms with Crippen molar-refractivity contribution in [2.45, 2.75) is 18.9 Å². The average molecular weight is 241 g/mol. The molecule has 0 bridgehead atoms. The number of hydrogen-bond donors (Lipinski definition) is 1. The quantitative estimate of drug-likeness (QED) is 0.723. The molecule has 0 aliphatic carbocycles. The first-order valence-electron chi connectivity index (χ1n) is 6.54. The first kappa shape index (κ1) is 12.8. The number of ether oxygens (including phenoxy) is 1. The lowest BCUT2D eigenvalue weighted by molar-refractivity contribution is -0.134. The van der Waals surface area contributed by atoms with Crippen molar-refractivity contribution in [2.24, 2.45) is 0 Å². The number of hydrogen-bond acceptors (Lipinski definition) is 4. The summed E-state index contributed by atoms with van der Waals surface area (Å²) in [5.74, 6) is 0.300. The largest absolute Gasteiger partial charge is 0.383 e. The molecule has 5 heteroatoms. The second kappa shape index (κ2) is 6.33. The molecular weight excluding hydrogens is 218 g/mol. The van der Waals surface area contributed by atoms with Crippen molar-refractivity contribution in [3.63, 3.8) is 0 Å². The third-order valence-corrected chi connectivity index (χ3v) is 3.65. The summed E-state index contributed by atoms with van der Waals surface area (Å²) < 4.78 is 5.07. The zero-order valence-electron chi connectivity index (χ0n) is 10.7. The zero-order chi connectivity index (χ0) is 12.1. The number of carbonyl (C=O) groups is 1. The van der Waals surface area contributed by atoms with Gasteiger partial charge in [-0.15, -0.1) is 0 Å². The van der Waals surface area contributed by atoms with Crippen LogP contribution in [0.2, 0.25) is 0 Å². The fourth-order valence-electron chi connectivity index (χ4n) is 2.53. The molecule has 2 fully saturated rings. The summed E-state index contributed by atoms with van der Waals surface area (Å²) in [5, 5.41) is 3.27. The van der Waals surface area contributed by atoms with Crippen LogP contribution in [0.1, 0.15) is 12.8 Å². The normalized spacial score (nSPS) is 26.4. The maximum atomic E-state index is 12.1. The number of amides is 1. The monoisotopic (exact) mass is 241 g/mol. The van der Waals surface area contributed by atoms with E-state index < -0.39 is 0 Å². The van der Waals surface area contributed by atoms with Crippen LogP contribution in [0.25, 0.3) is 0 Å². The minimum absolute atomic E-state index is 0.0838. The number of carbonyl (C=O) groups excluding carboxylic acids is 1. The third kappa shape index (κ3) is 3.40. The van der Waals surface area contributed by atoms with Gasteiger partial charge in [0.2, 0.25) is 5.91 Å². The van der Waals surface area contributed by atoms with E-state index in [4.69, 9.17) is 4.74 Å². The summed E-state index contributed by atoms with van der Waals surface area (Å²) in [5.41, 5.74) is 0. The van der Waals surface area contributed by atoms with E-state index >= 15 is 0 Å². The Labute approximate surface area is 103 Å². The van der Waals surface area contributed by atoms with Gasteiger partial charge in [-0.2, -0.15) is 0 Å². The van der Waals surface area contributed by atoms with Crippen molar-refractivity contribution in [3.05, 3.63) is 0 Å². The minimum Gasteiger partial charge on any atom is -0.383 e. The van der Waals surface area contributed by atoms with Crippen LogP contribution in [0.15, 0.2) is 0 Å². The Morgan fingerprint density at radius 1 is 1.35 bits per heavy atom. The summed E-state index contributed by atoms with van der Waals surface area (Å²) in [6.07, 6.45) is 2.13. The van der Waals surface area contributed by atoms with Gasteiger partial charge >= 0.3 is 0 Å². The Balaban J connectivity index is 1.72. The smallest absolute Gasteiger partial charge is 0.239 e.